The van der Waals surface area contributed by atoms with Gasteiger partial charge in [0, 0.05) is 29.4 Å². The zero-order valence-corrected chi connectivity index (χ0v) is 12.0. The molecule has 98 valence electrons. The third-order valence-electron chi connectivity index (χ3n) is 2.97. The number of nitrogens with two attached hydrogens (primary N) is 1. The molecule has 3 nitrogen and oxygen atoms in total. The summed E-state index contributed by atoms with van der Waals surface area (Å²) in [6, 6.07) is 0.0806. The minimum Gasteiger partial charge on any atom is -0.396 e. The molecule has 3 N–H and O–H groups in total. The molecule has 0 aromatic carbocycles. The van der Waals surface area contributed by atoms with Gasteiger partial charge in [-0.3, -0.25) is 0 Å². The molecular weight excluding hydrogens is 232 g/mol. The molecular formula is C13H24N2OS. The zero-order valence-electron chi connectivity index (χ0n) is 11.2. The van der Waals surface area contributed by atoms with Crippen molar-refractivity contribution < 1.29 is 5.11 Å². The van der Waals surface area contributed by atoms with Crippen LogP contribution < -0.4 is 5.73 Å². The lowest BCUT2D eigenvalue weighted by Crippen LogP contribution is -2.28. The van der Waals surface area contributed by atoms with Crippen LogP contribution in [0.15, 0.2) is 5.38 Å². The third-order valence-corrected chi connectivity index (χ3v) is 4.26. The molecule has 0 bridgehead atoms. The molecule has 0 aliphatic carbocycles. The van der Waals surface area contributed by atoms with Gasteiger partial charge in [-0.1, -0.05) is 27.7 Å². The van der Waals surface area contributed by atoms with Gasteiger partial charge >= 0.3 is 0 Å². The van der Waals surface area contributed by atoms with Crippen LogP contribution in [0.4, 0.5) is 0 Å². The van der Waals surface area contributed by atoms with Crippen molar-refractivity contribution in [2.75, 3.05) is 6.61 Å². The number of hydrogen-bond donors (Lipinski definition) is 2. The molecule has 0 radical (unpaired) electrons. The summed E-state index contributed by atoms with van der Waals surface area (Å²) in [5.41, 5.74) is 7.24. The van der Waals surface area contributed by atoms with E-state index in [2.05, 4.69) is 33.1 Å². The lowest BCUT2D eigenvalue weighted by Gasteiger charge is -2.20. The van der Waals surface area contributed by atoms with Gasteiger partial charge in [-0.05, 0) is 12.8 Å². The molecule has 1 aromatic rings. The van der Waals surface area contributed by atoms with E-state index < -0.39 is 0 Å². The first-order valence-electron chi connectivity index (χ1n) is 6.22. The fourth-order valence-corrected chi connectivity index (χ4v) is 2.78. The van der Waals surface area contributed by atoms with Crippen LogP contribution in [0.1, 0.15) is 57.2 Å². The molecule has 1 aromatic heterocycles. The highest BCUT2D eigenvalue weighted by Crippen LogP contribution is 2.31. The molecule has 17 heavy (non-hydrogen) atoms. The van der Waals surface area contributed by atoms with Crippen LogP contribution in [0.3, 0.4) is 0 Å². The quantitative estimate of drug-likeness (QED) is 0.851. The van der Waals surface area contributed by atoms with E-state index in [4.69, 9.17) is 15.8 Å². The van der Waals surface area contributed by atoms with Crippen LogP contribution in [-0.4, -0.2) is 22.7 Å². The first kappa shape index (κ1) is 14.6. The van der Waals surface area contributed by atoms with Crippen molar-refractivity contribution in [2.45, 2.75) is 57.9 Å². The maximum Gasteiger partial charge on any atom is 0.0982 e. The van der Waals surface area contributed by atoms with Gasteiger partial charge in [0.05, 0.1) is 10.7 Å². The van der Waals surface area contributed by atoms with E-state index in [1.54, 1.807) is 11.3 Å². The van der Waals surface area contributed by atoms with Crippen molar-refractivity contribution in [1.29, 1.82) is 0 Å². The summed E-state index contributed by atoms with van der Waals surface area (Å²) in [5, 5.41) is 12.4. The summed E-state index contributed by atoms with van der Waals surface area (Å²) in [4.78, 5) is 4.70. The molecule has 2 unspecified atom stereocenters. The topological polar surface area (TPSA) is 59.1 Å². The predicted molar refractivity (Wildman–Crippen MR) is 73.5 cm³/mol. The number of hydrogen-bond acceptors (Lipinski definition) is 4. The first-order chi connectivity index (χ1) is 7.90. The fraction of sp³-hybridized carbons (Fsp3) is 0.769. The molecule has 0 saturated carbocycles. The number of aliphatic hydroxyl groups excluding tert-OH is 1. The van der Waals surface area contributed by atoms with Gasteiger partial charge in [-0.25, -0.2) is 4.98 Å². The minimum atomic E-state index is 0.0806. The summed E-state index contributed by atoms with van der Waals surface area (Å²) in [6.07, 6.45) is 1.61. The smallest absolute Gasteiger partial charge is 0.0982 e. The molecule has 4 heteroatoms. The molecule has 1 heterocycles. The average molecular weight is 256 g/mol. The van der Waals surface area contributed by atoms with Gasteiger partial charge in [0.25, 0.3) is 0 Å². The van der Waals surface area contributed by atoms with E-state index in [0.717, 1.165) is 17.1 Å². The Bertz CT molecular complexity index is 343. The molecule has 0 saturated heterocycles. The molecule has 1 rings (SSSR count). The third kappa shape index (κ3) is 3.76. The maximum absolute atomic E-state index is 9.13. The maximum atomic E-state index is 9.13. The van der Waals surface area contributed by atoms with Crippen LogP contribution in [0, 0.1) is 0 Å². The standard InChI is InChI=1S/C13H24N2OS/c1-5-10(14)9(6-7-16)11-8-17-12(15-11)13(2,3)4/h8-10,16H,5-7,14H2,1-4H3. The molecule has 0 fully saturated rings. The Hall–Kier alpha value is -0.450. The van der Waals surface area contributed by atoms with Gasteiger partial charge in [-0.15, -0.1) is 11.3 Å². The van der Waals surface area contributed by atoms with Gasteiger partial charge in [0.15, 0.2) is 0 Å². The van der Waals surface area contributed by atoms with E-state index >= 15 is 0 Å². The molecule has 0 amide bonds. The predicted octanol–water partition coefficient (Wildman–Crippen LogP) is 2.64. The average Bonchev–Trinajstić information content (AvgIpc) is 2.73. The molecule has 0 spiro atoms. The Labute approximate surface area is 108 Å². The Kier molecular flexibility index (Phi) is 5.10. The van der Waals surface area contributed by atoms with Crippen LogP contribution in [0.25, 0.3) is 0 Å². The highest BCUT2D eigenvalue weighted by molar-refractivity contribution is 7.09. The van der Waals surface area contributed by atoms with Crippen LogP contribution >= 0.6 is 11.3 Å². The van der Waals surface area contributed by atoms with Gasteiger partial charge in [-0.2, -0.15) is 0 Å². The van der Waals surface area contributed by atoms with E-state index in [1.165, 1.54) is 0 Å². The molecule has 0 aliphatic heterocycles. The number of rotatable bonds is 5. The van der Waals surface area contributed by atoms with Crippen molar-refractivity contribution in [3.05, 3.63) is 16.1 Å². The highest BCUT2D eigenvalue weighted by atomic mass is 32.1. The van der Waals surface area contributed by atoms with Gasteiger partial charge in [0.1, 0.15) is 0 Å². The van der Waals surface area contributed by atoms with Crippen molar-refractivity contribution in [3.63, 3.8) is 0 Å². The van der Waals surface area contributed by atoms with E-state index in [1.807, 2.05) is 0 Å². The van der Waals surface area contributed by atoms with Crippen molar-refractivity contribution in [3.8, 4) is 0 Å². The Morgan fingerprint density at radius 3 is 2.53 bits per heavy atom. The van der Waals surface area contributed by atoms with Crippen LogP contribution in [0.5, 0.6) is 0 Å². The fourth-order valence-electron chi connectivity index (χ4n) is 1.81. The van der Waals surface area contributed by atoms with E-state index in [0.29, 0.717) is 6.42 Å². The second-order valence-corrected chi connectivity index (χ2v) is 6.38. The summed E-state index contributed by atoms with van der Waals surface area (Å²) in [7, 11) is 0. The largest absolute Gasteiger partial charge is 0.396 e. The Balaban J connectivity index is 2.92. The number of nitrogens with zero attached hydrogens (tertiary/aromatic N) is 1. The summed E-state index contributed by atoms with van der Waals surface area (Å²) in [6.45, 7) is 8.73. The van der Waals surface area contributed by atoms with Gasteiger partial charge < -0.3 is 10.8 Å². The zero-order chi connectivity index (χ0) is 13.1. The number of aliphatic hydroxyl groups is 1. The number of aromatic nitrogens is 1. The summed E-state index contributed by atoms with van der Waals surface area (Å²) >= 11 is 1.69. The Morgan fingerprint density at radius 1 is 1.47 bits per heavy atom. The first-order valence-corrected chi connectivity index (χ1v) is 7.10. The molecule has 2 atom stereocenters. The normalized spacial score (nSPS) is 15.9. The second-order valence-electron chi connectivity index (χ2n) is 5.52. The summed E-state index contributed by atoms with van der Waals surface area (Å²) < 4.78 is 0. The van der Waals surface area contributed by atoms with Crippen LogP contribution in [0.2, 0.25) is 0 Å². The number of thiazole rings is 1. The van der Waals surface area contributed by atoms with Crippen molar-refractivity contribution in [1.82, 2.24) is 4.98 Å². The highest BCUT2D eigenvalue weighted by Gasteiger charge is 2.24. The van der Waals surface area contributed by atoms with Crippen molar-refractivity contribution >= 4 is 11.3 Å². The van der Waals surface area contributed by atoms with Crippen molar-refractivity contribution in [2.24, 2.45) is 5.73 Å². The minimum absolute atomic E-state index is 0.0806. The van der Waals surface area contributed by atoms with Crippen LogP contribution in [-0.2, 0) is 5.41 Å². The van der Waals surface area contributed by atoms with E-state index in [9.17, 15) is 0 Å². The lowest BCUT2D eigenvalue weighted by atomic mass is 9.92. The summed E-state index contributed by atoms with van der Waals surface area (Å²) in [5.74, 6) is 0.178. The Morgan fingerprint density at radius 2 is 2.12 bits per heavy atom. The lowest BCUT2D eigenvalue weighted by molar-refractivity contribution is 0.265. The monoisotopic (exact) mass is 256 g/mol. The van der Waals surface area contributed by atoms with Gasteiger partial charge in [0.2, 0.25) is 0 Å². The molecule has 0 aliphatic rings. The second kappa shape index (κ2) is 5.94. The SMILES string of the molecule is CCC(N)C(CCO)c1csc(C(C)(C)C)n1. The van der Waals surface area contributed by atoms with E-state index in [-0.39, 0.29) is 24.0 Å².